The number of imide groups is 1. The number of benzene rings is 1. The quantitative estimate of drug-likeness (QED) is 0.208. The number of esters is 2. The van der Waals surface area contributed by atoms with E-state index in [0.29, 0.717) is 29.0 Å². The second-order valence-electron chi connectivity index (χ2n) is 7.85. The molecule has 1 aromatic carbocycles. The average Bonchev–Trinajstić information content (AvgIpc) is 3.45. The number of hydrogen-bond acceptors (Lipinski definition) is 9. The van der Waals surface area contributed by atoms with E-state index in [0.717, 1.165) is 4.90 Å². The summed E-state index contributed by atoms with van der Waals surface area (Å²) in [5, 5.41) is 2.54. The van der Waals surface area contributed by atoms with Gasteiger partial charge in [0.2, 0.25) is 5.76 Å². The normalized spacial score (nSPS) is 14.8. The first-order valence-electron chi connectivity index (χ1n) is 11.4. The summed E-state index contributed by atoms with van der Waals surface area (Å²) in [6.07, 6.45) is 2.65. The highest BCUT2D eigenvalue weighted by molar-refractivity contribution is 6.13. The molecule has 11 nitrogen and oxygen atoms in total. The Kier molecular flexibility index (Phi) is 8.72. The zero-order valence-electron chi connectivity index (χ0n) is 21.0. The fourth-order valence-electron chi connectivity index (χ4n) is 3.55. The van der Waals surface area contributed by atoms with E-state index in [4.69, 9.17) is 18.6 Å². The molecule has 1 aromatic heterocycles. The summed E-state index contributed by atoms with van der Waals surface area (Å²) in [5.41, 5.74) is 1.23. The van der Waals surface area contributed by atoms with Crippen molar-refractivity contribution in [3.63, 3.8) is 0 Å². The predicted molar refractivity (Wildman–Crippen MR) is 131 cm³/mol. The number of furan rings is 1. The number of ether oxygens (including phenoxy) is 4. The van der Waals surface area contributed by atoms with Crippen molar-refractivity contribution in [3.05, 3.63) is 65.3 Å². The van der Waals surface area contributed by atoms with Gasteiger partial charge in [0.1, 0.15) is 11.5 Å². The van der Waals surface area contributed by atoms with E-state index in [1.54, 1.807) is 32.1 Å². The third kappa shape index (κ3) is 6.18. The van der Waals surface area contributed by atoms with E-state index in [-0.39, 0.29) is 30.4 Å². The minimum atomic E-state index is -0.882. The van der Waals surface area contributed by atoms with Crippen LogP contribution in [-0.4, -0.2) is 55.7 Å². The van der Waals surface area contributed by atoms with E-state index in [2.05, 4.69) is 16.6 Å². The number of allylic oxidation sites excluding steroid dienone is 1. The lowest BCUT2D eigenvalue weighted by atomic mass is 10.0. The number of rotatable bonds is 11. The van der Waals surface area contributed by atoms with Gasteiger partial charge in [0, 0.05) is 5.56 Å². The number of amides is 3. The standard InChI is InChI=1S/C26H28N2O9/c1-6-8-17-11-16(13-21(33-4)22(17)36-15(3)24(30)35-7-2)12-19-23(29)28(26(32)27-19)14-18-9-10-20(37-18)25(31)34-5/h6,9-13,15H,1,7-8,14H2,2-5H3,(H,27,32)/b19-12-/t15-/m0/s1. The third-order valence-corrected chi connectivity index (χ3v) is 5.29. The minimum Gasteiger partial charge on any atom is -0.493 e. The first-order valence-corrected chi connectivity index (χ1v) is 11.4. The monoisotopic (exact) mass is 512 g/mol. The molecule has 1 aliphatic heterocycles. The molecule has 196 valence electrons. The number of urea groups is 1. The summed E-state index contributed by atoms with van der Waals surface area (Å²) in [5.74, 6) is -0.914. The largest absolute Gasteiger partial charge is 0.493 e. The number of methoxy groups -OCH3 is 2. The summed E-state index contributed by atoms with van der Waals surface area (Å²) in [6.45, 7) is 7.08. The van der Waals surface area contributed by atoms with Gasteiger partial charge in [0.15, 0.2) is 17.6 Å². The van der Waals surface area contributed by atoms with Crippen LogP contribution in [0.1, 0.15) is 41.3 Å². The van der Waals surface area contributed by atoms with Gasteiger partial charge in [-0.25, -0.2) is 14.4 Å². The smallest absolute Gasteiger partial charge is 0.373 e. The third-order valence-electron chi connectivity index (χ3n) is 5.29. The van der Waals surface area contributed by atoms with Crippen molar-refractivity contribution in [1.82, 2.24) is 10.2 Å². The molecule has 3 rings (SSSR count). The van der Waals surface area contributed by atoms with E-state index in [1.165, 1.54) is 32.4 Å². The van der Waals surface area contributed by atoms with Gasteiger partial charge >= 0.3 is 18.0 Å². The van der Waals surface area contributed by atoms with E-state index in [1.807, 2.05) is 0 Å². The molecule has 0 radical (unpaired) electrons. The lowest BCUT2D eigenvalue weighted by Gasteiger charge is -2.19. The van der Waals surface area contributed by atoms with Crippen LogP contribution in [0.5, 0.6) is 11.5 Å². The van der Waals surface area contributed by atoms with Gasteiger partial charge in [-0.05, 0) is 56.2 Å². The van der Waals surface area contributed by atoms with E-state index >= 15 is 0 Å². The summed E-state index contributed by atoms with van der Waals surface area (Å²) >= 11 is 0. The molecular formula is C26H28N2O9. The van der Waals surface area contributed by atoms with Crippen LogP contribution in [0.2, 0.25) is 0 Å². The van der Waals surface area contributed by atoms with Crippen LogP contribution in [0, 0.1) is 0 Å². The maximum atomic E-state index is 13.0. The molecule has 0 unspecified atom stereocenters. The predicted octanol–water partition coefficient (Wildman–Crippen LogP) is 3.23. The molecule has 0 spiro atoms. The molecule has 1 N–H and O–H groups in total. The molecule has 2 aromatic rings. The van der Waals surface area contributed by atoms with Gasteiger partial charge in [0.25, 0.3) is 5.91 Å². The fraction of sp³-hybridized carbons (Fsp3) is 0.308. The van der Waals surface area contributed by atoms with Crippen LogP contribution < -0.4 is 14.8 Å². The average molecular weight is 513 g/mol. The molecule has 37 heavy (non-hydrogen) atoms. The van der Waals surface area contributed by atoms with Crippen LogP contribution in [0.4, 0.5) is 4.79 Å². The Morgan fingerprint density at radius 3 is 2.62 bits per heavy atom. The van der Waals surface area contributed by atoms with Gasteiger partial charge in [-0.3, -0.25) is 9.69 Å². The maximum Gasteiger partial charge on any atom is 0.373 e. The zero-order chi connectivity index (χ0) is 27.1. The highest BCUT2D eigenvalue weighted by Crippen LogP contribution is 2.35. The second kappa shape index (κ2) is 11.9. The maximum absolute atomic E-state index is 13.0. The molecule has 11 heteroatoms. The van der Waals surface area contributed by atoms with Crippen molar-refractivity contribution in [2.45, 2.75) is 32.9 Å². The summed E-state index contributed by atoms with van der Waals surface area (Å²) in [6, 6.07) is 5.59. The Balaban J connectivity index is 1.87. The summed E-state index contributed by atoms with van der Waals surface area (Å²) in [4.78, 5) is 50.0. The van der Waals surface area contributed by atoms with Crippen LogP contribution in [-0.2, 0) is 32.0 Å². The highest BCUT2D eigenvalue weighted by Gasteiger charge is 2.34. The molecular weight excluding hydrogens is 484 g/mol. The first kappa shape index (κ1) is 27.1. The molecule has 1 saturated heterocycles. The number of carbonyl (C=O) groups is 4. The lowest BCUT2D eigenvalue weighted by Crippen LogP contribution is -2.30. The molecule has 3 amide bonds. The Morgan fingerprint density at radius 1 is 1.22 bits per heavy atom. The van der Waals surface area contributed by atoms with Crippen LogP contribution in [0.25, 0.3) is 6.08 Å². The SMILES string of the molecule is C=CCc1cc(/C=C2\NC(=O)N(Cc3ccc(C(=O)OC)o3)C2=O)cc(OC)c1O[C@@H](C)C(=O)OCC. The Bertz CT molecular complexity index is 1240. The minimum absolute atomic E-state index is 0.0323. The topological polar surface area (TPSA) is 134 Å². The molecule has 0 bridgehead atoms. The first-order chi connectivity index (χ1) is 17.7. The zero-order valence-corrected chi connectivity index (χ0v) is 21.0. The van der Waals surface area contributed by atoms with Crippen LogP contribution in [0.3, 0.4) is 0 Å². The van der Waals surface area contributed by atoms with Gasteiger partial charge in [-0.15, -0.1) is 6.58 Å². The van der Waals surface area contributed by atoms with E-state index < -0.39 is 30.0 Å². The van der Waals surface area contributed by atoms with Gasteiger partial charge in [-0.1, -0.05) is 6.08 Å². The van der Waals surface area contributed by atoms with Gasteiger partial charge in [-0.2, -0.15) is 0 Å². The number of nitrogens with one attached hydrogen (secondary N) is 1. The Labute approximate surface area is 213 Å². The van der Waals surface area contributed by atoms with E-state index in [9.17, 15) is 19.2 Å². The Hall–Kier alpha value is -4.54. The van der Waals surface area contributed by atoms with Crippen molar-refractivity contribution in [2.24, 2.45) is 0 Å². The van der Waals surface area contributed by atoms with Crippen molar-refractivity contribution >= 4 is 30.0 Å². The number of nitrogens with zero attached hydrogens (tertiary/aromatic N) is 1. The highest BCUT2D eigenvalue weighted by atomic mass is 16.6. The molecule has 1 atom stereocenters. The fourth-order valence-corrected chi connectivity index (χ4v) is 3.55. The molecule has 2 heterocycles. The van der Waals surface area contributed by atoms with Crippen molar-refractivity contribution in [3.8, 4) is 11.5 Å². The Morgan fingerprint density at radius 2 is 1.97 bits per heavy atom. The lowest BCUT2D eigenvalue weighted by molar-refractivity contribution is -0.150. The van der Waals surface area contributed by atoms with Crippen molar-refractivity contribution < 1.29 is 42.5 Å². The molecule has 1 fully saturated rings. The van der Waals surface area contributed by atoms with Crippen LogP contribution >= 0.6 is 0 Å². The summed E-state index contributed by atoms with van der Waals surface area (Å²) < 4.78 is 26.3. The molecule has 0 saturated carbocycles. The number of hydrogen-bond donors (Lipinski definition) is 1. The van der Waals surface area contributed by atoms with Gasteiger partial charge in [0.05, 0.1) is 27.4 Å². The van der Waals surface area contributed by atoms with Crippen LogP contribution in [0.15, 0.2) is 47.0 Å². The van der Waals surface area contributed by atoms with Crippen molar-refractivity contribution in [2.75, 3.05) is 20.8 Å². The second-order valence-corrected chi connectivity index (χ2v) is 7.85. The molecule has 0 aliphatic carbocycles. The van der Waals surface area contributed by atoms with Crippen molar-refractivity contribution in [1.29, 1.82) is 0 Å². The molecule has 1 aliphatic rings. The summed E-state index contributed by atoms with van der Waals surface area (Å²) in [7, 11) is 2.66. The van der Waals surface area contributed by atoms with Gasteiger partial charge < -0.3 is 28.7 Å². The number of carbonyl (C=O) groups excluding carboxylic acids is 4.